The number of nitrogens with zero attached hydrogens (tertiary/aromatic N) is 1. The second-order valence-corrected chi connectivity index (χ2v) is 9.03. The highest BCUT2D eigenvalue weighted by molar-refractivity contribution is 7.98. The Balaban J connectivity index is 1.97. The summed E-state index contributed by atoms with van der Waals surface area (Å²) in [6.45, 7) is 1.35. The molecule has 0 spiro atoms. The van der Waals surface area contributed by atoms with Crippen molar-refractivity contribution < 1.29 is 22.7 Å². The number of ether oxygens (including phenoxy) is 1. The smallest absolute Gasteiger partial charge is 0.339 e. The zero-order valence-electron chi connectivity index (χ0n) is 16.2. The number of thioether (sulfide) groups is 1. The van der Waals surface area contributed by atoms with Crippen molar-refractivity contribution in [3.63, 3.8) is 0 Å². The molecule has 0 atom stereocenters. The first-order valence-electron chi connectivity index (χ1n) is 9.05. The zero-order valence-corrected chi connectivity index (χ0v) is 17.8. The number of methoxy groups -OCH3 is 1. The predicted molar refractivity (Wildman–Crippen MR) is 112 cm³/mol. The van der Waals surface area contributed by atoms with E-state index in [0.717, 1.165) is 17.7 Å². The van der Waals surface area contributed by atoms with Gasteiger partial charge >= 0.3 is 5.97 Å². The van der Waals surface area contributed by atoms with Crippen LogP contribution in [-0.4, -0.2) is 51.6 Å². The number of esters is 1. The Bertz CT molecular complexity index is 1030. The third-order valence-electron chi connectivity index (χ3n) is 4.68. The van der Waals surface area contributed by atoms with Gasteiger partial charge in [0.25, 0.3) is 15.9 Å². The van der Waals surface area contributed by atoms with Gasteiger partial charge in [-0.15, -0.1) is 11.8 Å². The van der Waals surface area contributed by atoms with Crippen molar-refractivity contribution >= 4 is 39.3 Å². The van der Waals surface area contributed by atoms with E-state index in [0.29, 0.717) is 18.7 Å². The van der Waals surface area contributed by atoms with Gasteiger partial charge in [0, 0.05) is 18.0 Å². The zero-order chi connectivity index (χ0) is 21.0. The Hall–Kier alpha value is -2.52. The number of hydrogen-bond donors (Lipinski definition) is 1. The van der Waals surface area contributed by atoms with Crippen LogP contribution in [0.2, 0.25) is 0 Å². The van der Waals surface area contributed by atoms with Crippen LogP contribution in [0.1, 0.15) is 33.6 Å². The monoisotopic (exact) mass is 434 g/mol. The molecular formula is C20H22N2O5S2. The van der Waals surface area contributed by atoms with E-state index in [-0.39, 0.29) is 22.1 Å². The molecule has 154 valence electrons. The first-order valence-corrected chi connectivity index (χ1v) is 11.8. The first kappa shape index (κ1) is 21.2. The molecule has 1 heterocycles. The van der Waals surface area contributed by atoms with Crippen LogP contribution in [0.5, 0.6) is 0 Å². The van der Waals surface area contributed by atoms with Crippen molar-refractivity contribution in [3.8, 4) is 0 Å². The highest BCUT2D eigenvalue weighted by atomic mass is 32.2. The summed E-state index contributed by atoms with van der Waals surface area (Å²) in [5.74, 6) is -0.815. The summed E-state index contributed by atoms with van der Waals surface area (Å²) in [4.78, 5) is 27.2. The highest BCUT2D eigenvalue weighted by Gasteiger charge is 2.25. The van der Waals surface area contributed by atoms with E-state index in [1.54, 1.807) is 23.1 Å². The lowest BCUT2D eigenvalue weighted by Gasteiger charge is -2.18. The molecule has 0 saturated carbocycles. The van der Waals surface area contributed by atoms with Gasteiger partial charge in [0.1, 0.15) is 0 Å². The second-order valence-electron chi connectivity index (χ2n) is 6.50. The van der Waals surface area contributed by atoms with Crippen molar-refractivity contribution in [2.45, 2.75) is 22.6 Å². The fraction of sp³-hybridized carbons (Fsp3) is 0.300. The van der Waals surface area contributed by atoms with E-state index in [1.165, 1.54) is 43.1 Å². The van der Waals surface area contributed by atoms with Crippen molar-refractivity contribution in [1.29, 1.82) is 0 Å². The number of anilines is 1. The molecular weight excluding hydrogens is 412 g/mol. The molecule has 2 aromatic carbocycles. The third kappa shape index (κ3) is 4.56. The molecule has 1 amide bonds. The predicted octanol–water partition coefficient (Wildman–Crippen LogP) is 3.23. The van der Waals surface area contributed by atoms with E-state index in [9.17, 15) is 18.0 Å². The van der Waals surface area contributed by atoms with Gasteiger partial charge in [0.2, 0.25) is 0 Å². The van der Waals surface area contributed by atoms with Crippen LogP contribution >= 0.6 is 11.8 Å². The van der Waals surface area contributed by atoms with Crippen molar-refractivity contribution in [1.82, 2.24) is 4.90 Å². The molecule has 0 bridgehead atoms. The molecule has 2 aromatic rings. The maximum atomic E-state index is 13.0. The Morgan fingerprint density at radius 2 is 1.76 bits per heavy atom. The number of rotatable bonds is 6. The maximum Gasteiger partial charge on any atom is 0.339 e. The molecule has 1 fully saturated rings. The number of amides is 1. The number of hydrogen-bond acceptors (Lipinski definition) is 6. The van der Waals surface area contributed by atoms with Crippen LogP contribution in [0.25, 0.3) is 0 Å². The summed E-state index contributed by atoms with van der Waals surface area (Å²) < 4.78 is 33.1. The lowest BCUT2D eigenvalue weighted by molar-refractivity contribution is 0.0601. The molecule has 3 rings (SSSR count). The summed E-state index contributed by atoms with van der Waals surface area (Å²) in [7, 11) is -2.79. The molecule has 29 heavy (non-hydrogen) atoms. The normalized spacial score (nSPS) is 13.9. The number of likely N-dealkylation sites (tertiary alicyclic amines) is 1. The Morgan fingerprint density at radius 1 is 1.07 bits per heavy atom. The minimum Gasteiger partial charge on any atom is -0.465 e. The SMILES string of the molecule is COC(=O)c1ccccc1NS(=O)(=O)c1ccc(SC)c(C(=O)N2CCCC2)c1. The maximum absolute atomic E-state index is 13.0. The molecule has 1 aliphatic rings. The van der Waals surface area contributed by atoms with Gasteiger partial charge in [0.05, 0.1) is 28.8 Å². The molecule has 1 saturated heterocycles. The van der Waals surface area contributed by atoms with Crippen LogP contribution in [0.15, 0.2) is 52.3 Å². The van der Waals surface area contributed by atoms with Crippen molar-refractivity contribution in [3.05, 3.63) is 53.6 Å². The molecule has 0 aliphatic carbocycles. The summed E-state index contributed by atoms with van der Waals surface area (Å²) >= 11 is 1.39. The molecule has 0 unspecified atom stereocenters. The molecule has 7 nitrogen and oxygen atoms in total. The van der Waals surface area contributed by atoms with Gasteiger partial charge in [0.15, 0.2) is 0 Å². The Kier molecular flexibility index (Phi) is 6.49. The summed E-state index contributed by atoms with van der Waals surface area (Å²) in [6, 6.07) is 10.7. The number of carbonyl (C=O) groups excluding carboxylic acids is 2. The van der Waals surface area contributed by atoms with Crippen LogP contribution in [0.4, 0.5) is 5.69 Å². The quantitative estimate of drug-likeness (QED) is 0.554. The van der Waals surface area contributed by atoms with Crippen LogP contribution < -0.4 is 4.72 Å². The van der Waals surface area contributed by atoms with Crippen molar-refractivity contribution in [2.24, 2.45) is 0 Å². The van der Waals surface area contributed by atoms with Gasteiger partial charge in [-0.05, 0) is 49.4 Å². The molecule has 9 heteroatoms. The minimum absolute atomic E-state index is 0.0440. The largest absolute Gasteiger partial charge is 0.465 e. The van der Waals surface area contributed by atoms with E-state index >= 15 is 0 Å². The second kappa shape index (κ2) is 8.87. The molecule has 0 radical (unpaired) electrons. The topological polar surface area (TPSA) is 92.8 Å². The molecule has 1 N–H and O–H groups in total. The lowest BCUT2D eigenvalue weighted by atomic mass is 10.2. The number of sulfonamides is 1. The number of benzene rings is 2. The van der Waals surface area contributed by atoms with E-state index < -0.39 is 16.0 Å². The van der Waals surface area contributed by atoms with Gasteiger partial charge < -0.3 is 9.64 Å². The van der Waals surface area contributed by atoms with Crippen molar-refractivity contribution in [2.75, 3.05) is 31.2 Å². The Labute approximate surface area is 174 Å². The van der Waals surface area contributed by atoms with Crippen LogP contribution in [0, 0.1) is 0 Å². The molecule has 1 aliphatic heterocycles. The first-order chi connectivity index (χ1) is 13.9. The number of nitrogens with one attached hydrogen (secondary N) is 1. The third-order valence-corrected chi connectivity index (χ3v) is 6.84. The van der Waals surface area contributed by atoms with E-state index in [4.69, 9.17) is 4.74 Å². The van der Waals surface area contributed by atoms with Gasteiger partial charge in [-0.1, -0.05) is 12.1 Å². The van der Waals surface area contributed by atoms with E-state index in [2.05, 4.69) is 4.72 Å². The fourth-order valence-electron chi connectivity index (χ4n) is 3.18. The van der Waals surface area contributed by atoms with Gasteiger partial charge in [-0.3, -0.25) is 9.52 Å². The number of carbonyl (C=O) groups is 2. The van der Waals surface area contributed by atoms with E-state index in [1.807, 2.05) is 6.26 Å². The van der Waals surface area contributed by atoms with Crippen LogP contribution in [-0.2, 0) is 14.8 Å². The van der Waals surface area contributed by atoms with Gasteiger partial charge in [-0.25, -0.2) is 13.2 Å². The van der Waals surface area contributed by atoms with Gasteiger partial charge in [-0.2, -0.15) is 0 Å². The summed E-state index contributed by atoms with van der Waals surface area (Å²) in [5.41, 5.74) is 0.580. The summed E-state index contributed by atoms with van der Waals surface area (Å²) in [6.07, 6.45) is 3.74. The fourth-order valence-corrected chi connectivity index (χ4v) is 4.85. The Morgan fingerprint density at radius 3 is 2.41 bits per heavy atom. The lowest BCUT2D eigenvalue weighted by Crippen LogP contribution is -2.28. The summed E-state index contributed by atoms with van der Waals surface area (Å²) in [5, 5.41) is 0. The average Bonchev–Trinajstić information content (AvgIpc) is 3.27. The average molecular weight is 435 g/mol. The minimum atomic E-state index is -4.02. The standard InChI is InChI=1S/C20H22N2O5S2/c1-27-20(24)15-7-3-4-8-17(15)21-29(25,26)14-9-10-18(28-2)16(13-14)19(23)22-11-5-6-12-22/h3-4,7-10,13,21H,5-6,11-12H2,1-2H3. The number of para-hydroxylation sites is 1. The molecule has 0 aromatic heterocycles. The highest BCUT2D eigenvalue weighted by Crippen LogP contribution is 2.28. The van der Waals surface area contributed by atoms with Crippen LogP contribution in [0.3, 0.4) is 0 Å².